The van der Waals surface area contributed by atoms with Crippen LogP contribution in [0.1, 0.15) is 19.9 Å². The van der Waals surface area contributed by atoms with Crippen molar-refractivity contribution in [3.05, 3.63) is 28.5 Å². The summed E-state index contributed by atoms with van der Waals surface area (Å²) in [6, 6.07) is 2.16. The number of halogens is 1. The number of esters is 1. The molecular weight excluding hydrogens is 323 g/mol. The summed E-state index contributed by atoms with van der Waals surface area (Å²) in [5.74, 6) is -2.10. The number of amides is 1. The van der Waals surface area contributed by atoms with E-state index < -0.39 is 29.7 Å². The zero-order valence-corrected chi connectivity index (χ0v) is 13.2. The van der Waals surface area contributed by atoms with E-state index in [1.807, 2.05) is 0 Å². The van der Waals surface area contributed by atoms with E-state index in [0.717, 1.165) is 11.0 Å². The molecule has 1 aromatic heterocycles. The minimum Gasteiger partial charge on any atom is -0.466 e. The summed E-state index contributed by atoms with van der Waals surface area (Å²) in [5.41, 5.74) is 0.162. The monoisotopic (exact) mass is 338 g/mol. The molecule has 1 fully saturated rings. The molecule has 1 aliphatic heterocycles. The lowest BCUT2D eigenvalue weighted by Crippen LogP contribution is -2.28. The Morgan fingerprint density at radius 1 is 1.38 bits per heavy atom. The predicted octanol–water partition coefficient (Wildman–Crippen LogP) is 1.81. The quantitative estimate of drug-likeness (QED) is 0.793. The van der Waals surface area contributed by atoms with Gasteiger partial charge in [-0.15, -0.1) is 0 Å². The molecule has 9 heteroatoms. The van der Waals surface area contributed by atoms with Crippen LogP contribution < -0.4 is 10.7 Å². The Kier molecular flexibility index (Phi) is 3.78. The van der Waals surface area contributed by atoms with Crippen LogP contribution in [0.5, 0.6) is 0 Å². The minimum absolute atomic E-state index is 0.0121. The summed E-state index contributed by atoms with van der Waals surface area (Å²) in [4.78, 5) is 36.3. The number of methoxy groups -OCH3 is 1. The second-order valence-electron chi connectivity index (χ2n) is 5.61. The van der Waals surface area contributed by atoms with Crippen LogP contribution in [-0.4, -0.2) is 36.4 Å². The largest absolute Gasteiger partial charge is 0.466 e. The molecule has 2 heterocycles. The molecule has 1 aliphatic rings. The molecule has 1 atom stereocenters. The molecule has 0 bridgehead atoms. The predicted molar refractivity (Wildman–Crippen MR) is 80.4 cm³/mol. The van der Waals surface area contributed by atoms with Crippen LogP contribution in [0.2, 0.25) is 0 Å². The molecule has 3 rings (SSSR count). The van der Waals surface area contributed by atoms with Crippen molar-refractivity contribution < 1.29 is 27.9 Å². The molecule has 24 heavy (non-hydrogen) atoms. The third-order valence-electron chi connectivity index (χ3n) is 3.75. The van der Waals surface area contributed by atoms with Crippen LogP contribution >= 0.6 is 0 Å². The highest BCUT2D eigenvalue weighted by Gasteiger charge is 2.38. The molecule has 0 spiro atoms. The van der Waals surface area contributed by atoms with E-state index in [0.29, 0.717) is 0 Å². The van der Waals surface area contributed by atoms with Crippen molar-refractivity contribution in [2.24, 2.45) is 0 Å². The van der Waals surface area contributed by atoms with Crippen molar-refractivity contribution in [1.82, 2.24) is 4.57 Å². The number of oxazole rings is 1. The van der Waals surface area contributed by atoms with Crippen molar-refractivity contribution in [2.75, 3.05) is 18.6 Å². The lowest BCUT2D eigenvalue weighted by Gasteiger charge is -2.13. The molecule has 0 N–H and O–H groups in total. The number of fused-ring (bicyclic) bond motifs is 1. The fraction of sp³-hybridized carbons (Fsp3) is 0.400. The average molecular weight is 338 g/mol. The van der Waals surface area contributed by atoms with Gasteiger partial charge < -0.3 is 13.9 Å². The number of aromatic nitrogens is 1. The molecule has 2 aromatic rings. The number of hydrogen-bond acceptors (Lipinski definition) is 6. The van der Waals surface area contributed by atoms with E-state index in [9.17, 15) is 18.8 Å². The average Bonchev–Trinajstić information content (AvgIpc) is 3.06. The topological polar surface area (TPSA) is 91.0 Å². The van der Waals surface area contributed by atoms with Gasteiger partial charge in [-0.05, 0) is 13.8 Å². The van der Waals surface area contributed by atoms with Crippen molar-refractivity contribution in [2.45, 2.75) is 26.0 Å². The number of cyclic esters (lactones) is 1. The smallest absolute Gasteiger partial charge is 0.420 e. The number of nitrogens with zero attached hydrogens (tertiary/aromatic N) is 2. The van der Waals surface area contributed by atoms with Crippen molar-refractivity contribution in [3.63, 3.8) is 0 Å². The van der Waals surface area contributed by atoms with Crippen LogP contribution in [-0.2, 0) is 14.3 Å². The molecule has 8 nitrogen and oxygen atoms in total. The number of carbonyl (C=O) groups excluding carboxylic acids is 2. The van der Waals surface area contributed by atoms with E-state index in [1.165, 1.54) is 17.7 Å². The van der Waals surface area contributed by atoms with Crippen LogP contribution in [0.15, 0.2) is 21.3 Å². The highest BCUT2D eigenvalue weighted by Crippen LogP contribution is 2.29. The first-order valence-corrected chi connectivity index (χ1v) is 7.24. The highest BCUT2D eigenvalue weighted by atomic mass is 19.1. The molecule has 1 saturated heterocycles. The maximum atomic E-state index is 14.5. The number of ether oxygens (including phenoxy) is 2. The fourth-order valence-electron chi connectivity index (χ4n) is 2.66. The van der Waals surface area contributed by atoms with Gasteiger partial charge in [0.1, 0.15) is 5.52 Å². The zero-order chi connectivity index (χ0) is 17.6. The van der Waals surface area contributed by atoms with Gasteiger partial charge in [0.25, 0.3) is 0 Å². The Morgan fingerprint density at radius 3 is 2.71 bits per heavy atom. The van der Waals surface area contributed by atoms with Gasteiger partial charge >= 0.3 is 17.8 Å². The van der Waals surface area contributed by atoms with E-state index in [-0.39, 0.29) is 29.4 Å². The fourth-order valence-corrected chi connectivity index (χ4v) is 2.66. The van der Waals surface area contributed by atoms with Crippen LogP contribution in [0.4, 0.5) is 14.9 Å². The van der Waals surface area contributed by atoms with Gasteiger partial charge in [-0.25, -0.2) is 18.8 Å². The SMILES string of the molecule is COC(=O)[C@H]1CN(c2cc(F)c3c(c2)oc(=O)n3C(C)C)C(=O)O1. The first-order chi connectivity index (χ1) is 11.3. The lowest BCUT2D eigenvalue weighted by molar-refractivity contribution is -0.148. The molecular formula is C15H15FN2O6. The second-order valence-corrected chi connectivity index (χ2v) is 5.61. The normalized spacial score (nSPS) is 17.6. The number of carbonyl (C=O) groups is 2. The molecule has 0 radical (unpaired) electrons. The lowest BCUT2D eigenvalue weighted by atomic mass is 10.2. The Hall–Kier alpha value is -2.84. The Bertz CT molecular complexity index is 884. The molecule has 1 aromatic carbocycles. The zero-order valence-electron chi connectivity index (χ0n) is 13.2. The molecule has 128 valence electrons. The van der Waals surface area contributed by atoms with Crippen molar-refractivity contribution in [1.29, 1.82) is 0 Å². The van der Waals surface area contributed by atoms with Gasteiger partial charge in [-0.1, -0.05) is 0 Å². The number of hydrogen-bond donors (Lipinski definition) is 0. The van der Waals surface area contributed by atoms with Gasteiger partial charge in [-0.3, -0.25) is 9.47 Å². The van der Waals surface area contributed by atoms with Crippen molar-refractivity contribution >= 4 is 28.8 Å². The third kappa shape index (κ3) is 2.41. The van der Waals surface area contributed by atoms with Crippen LogP contribution in [0.25, 0.3) is 11.1 Å². The van der Waals surface area contributed by atoms with Gasteiger partial charge in [0.15, 0.2) is 11.4 Å². The first-order valence-electron chi connectivity index (χ1n) is 7.24. The Morgan fingerprint density at radius 2 is 2.08 bits per heavy atom. The summed E-state index contributed by atoms with van der Waals surface area (Å²) in [7, 11) is 1.17. The van der Waals surface area contributed by atoms with Crippen LogP contribution in [0.3, 0.4) is 0 Å². The number of anilines is 1. The standard InChI is InChI=1S/C15H15FN2O6/c1-7(2)18-12-9(16)4-8(5-10(12)23-15(18)21)17-6-11(13(19)22-3)24-14(17)20/h4-5,7,11H,6H2,1-3H3/t11-/m1/s1. The van der Waals surface area contributed by atoms with Crippen molar-refractivity contribution in [3.8, 4) is 0 Å². The summed E-state index contributed by atoms with van der Waals surface area (Å²) in [5, 5.41) is 0. The van der Waals surface area contributed by atoms with E-state index in [4.69, 9.17) is 9.15 Å². The third-order valence-corrected chi connectivity index (χ3v) is 3.75. The molecule has 0 unspecified atom stereocenters. The highest BCUT2D eigenvalue weighted by molar-refractivity contribution is 5.95. The van der Waals surface area contributed by atoms with Gasteiger partial charge in [-0.2, -0.15) is 0 Å². The summed E-state index contributed by atoms with van der Waals surface area (Å²) in [6.07, 6.45) is -1.90. The molecule has 0 aliphatic carbocycles. The van der Waals surface area contributed by atoms with Gasteiger partial charge in [0.2, 0.25) is 6.10 Å². The maximum Gasteiger partial charge on any atom is 0.420 e. The summed E-state index contributed by atoms with van der Waals surface area (Å²) < 4.78 is 30.2. The minimum atomic E-state index is -1.09. The van der Waals surface area contributed by atoms with E-state index in [2.05, 4.69) is 4.74 Å². The summed E-state index contributed by atoms with van der Waals surface area (Å²) in [6.45, 7) is 3.33. The first kappa shape index (κ1) is 16.0. The Labute approximate surface area is 135 Å². The summed E-state index contributed by atoms with van der Waals surface area (Å²) >= 11 is 0. The molecule has 0 saturated carbocycles. The van der Waals surface area contributed by atoms with Gasteiger partial charge in [0.05, 0.1) is 19.3 Å². The van der Waals surface area contributed by atoms with E-state index in [1.54, 1.807) is 13.8 Å². The number of benzene rings is 1. The van der Waals surface area contributed by atoms with Gasteiger partial charge in [0, 0.05) is 18.2 Å². The Balaban J connectivity index is 2.05. The van der Waals surface area contributed by atoms with Crippen LogP contribution in [0, 0.1) is 5.82 Å². The second kappa shape index (κ2) is 5.66. The molecule has 1 amide bonds. The maximum absolute atomic E-state index is 14.5. The number of rotatable bonds is 3. The van der Waals surface area contributed by atoms with E-state index >= 15 is 0 Å².